The van der Waals surface area contributed by atoms with Crippen LogP contribution in [0.3, 0.4) is 0 Å². The third kappa shape index (κ3) is 4.05. The van der Waals surface area contributed by atoms with Gasteiger partial charge in [0.05, 0.1) is 12.0 Å². The van der Waals surface area contributed by atoms with E-state index in [0.29, 0.717) is 24.4 Å². The highest BCUT2D eigenvalue weighted by molar-refractivity contribution is 7.89. The van der Waals surface area contributed by atoms with Crippen LogP contribution in [0.2, 0.25) is 0 Å². The van der Waals surface area contributed by atoms with Gasteiger partial charge in [0.15, 0.2) is 0 Å². The molecule has 26 heavy (non-hydrogen) atoms. The lowest BCUT2D eigenvalue weighted by molar-refractivity contribution is -0.132. The van der Waals surface area contributed by atoms with Gasteiger partial charge in [-0.2, -0.15) is 4.72 Å². The molecular weight excluding hydrogens is 352 g/mol. The van der Waals surface area contributed by atoms with E-state index >= 15 is 0 Å². The molecule has 0 bridgehead atoms. The van der Waals surface area contributed by atoms with Crippen molar-refractivity contribution >= 4 is 15.9 Å². The lowest BCUT2D eigenvalue weighted by atomic mass is 10.1. The second-order valence-electron chi connectivity index (χ2n) is 6.17. The van der Waals surface area contributed by atoms with Gasteiger partial charge in [0, 0.05) is 13.1 Å². The van der Waals surface area contributed by atoms with E-state index < -0.39 is 16.1 Å². The van der Waals surface area contributed by atoms with E-state index in [4.69, 9.17) is 4.74 Å². The number of sulfonamides is 1. The molecule has 1 amide bonds. The molecule has 0 aliphatic carbocycles. The fourth-order valence-electron chi connectivity index (χ4n) is 3.00. The second kappa shape index (κ2) is 7.88. The quantitative estimate of drug-likeness (QED) is 0.842. The van der Waals surface area contributed by atoms with Gasteiger partial charge >= 0.3 is 0 Å². The summed E-state index contributed by atoms with van der Waals surface area (Å²) in [5.41, 5.74) is 0.626. The van der Waals surface area contributed by atoms with E-state index in [1.807, 2.05) is 6.07 Å². The summed E-state index contributed by atoms with van der Waals surface area (Å²) in [5.74, 6) is 0.350. The maximum Gasteiger partial charge on any atom is 0.245 e. The Balaban J connectivity index is 1.90. The van der Waals surface area contributed by atoms with Crippen LogP contribution < -0.4 is 9.46 Å². The average Bonchev–Trinajstić information content (AvgIpc) is 3.21. The van der Waals surface area contributed by atoms with Crippen LogP contribution in [0.4, 0.5) is 0 Å². The molecule has 1 aliphatic rings. The predicted molar refractivity (Wildman–Crippen MR) is 98.3 cm³/mol. The highest BCUT2D eigenvalue weighted by Crippen LogP contribution is 2.23. The van der Waals surface area contributed by atoms with Crippen LogP contribution in [0.1, 0.15) is 24.4 Å². The van der Waals surface area contributed by atoms with E-state index in [9.17, 15) is 13.2 Å². The number of nitrogens with one attached hydrogen (secondary N) is 1. The molecule has 6 nitrogen and oxygen atoms in total. The van der Waals surface area contributed by atoms with E-state index in [0.717, 1.165) is 12.8 Å². The first-order chi connectivity index (χ1) is 12.5. The fourth-order valence-corrected chi connectivity index (χ4v) is 4.18. The molecule has 0 aromatic heterocycles. The number of methoxy groups -OCH3 is 1. The zero-order valence-corrected chi connectivity index (χ0v) is 15.4. The SMILES string of the molecule is COc1ccc(S(=O)(=O)N[C@H](C(=O)N2CCCC2)c2ccccc2)cc1. The third-order valence-corrected chi connectivity index (χ3v) is 5.88. The molecule has 138 valence electrons. The summed E-state index contributed by atoms with van der Waals surface area (Å²) in [4.78, 5) is 14.7. The first kappa shape index (κ1) is 18.4. The molecule has 2 aromatic rings. The molecule has 0 spiro atoms. The Morgan fingerprint density at radius 1 is 1.04 bits per heavy atom. The van der Waals surface area contributed by atoms with Crippen LogP contribution in [0.25, 0.3) is 0 Å². The van der Waals surface area contributed by atoms with Gasteiger partial charge in [-0.05, 0) is 42.7 Å². The number of likely N-dealkylation sites (tertiary alicyclic amines) is 1. The van der Waals surface area contributed by atoms with Crippen molar-refractivity contribution in [2.24, 2.45) is 0 Å². The van der Waals surface area contributed by atoms with Crippen LogP contribution in [0, 0.1) is 0 Å². The molecule has 1 aliphatic heterocycles. The highest BCUT2D eigenvalue weighted by Gasteiger charge is 2.31. The average molecular weight is 374 g/mol. The Morgan fingerprint density at radius 3 is 2.23 bits per heavy atom. The van der Waals surface area contributed by atoms with Crippen molar-refractivity contribution in [1.82, 2.24) is 9.62 Å². The molecule has 1 atom stereocenters. The van der Waals surface area contributed by atoms with Crippen LogP contribution in [0.15, 0.2) is 59.5 Å². The molecule has 0 radical (unpaired) electrons. The van der Waals surface area contributed by atoms with Crippen LogP contribution in [-0.4, -0.2) is 39.4 Å². The van der Waals surface area contributed by atoms with Crippen molar-refractivity contribution in [3.05, 3.63) is 60.2 Å². The highest BCUT2D eigenvalue weighted by atomic mass is 32.2. The normalized spacial score (nSPS) is 15.7. The van der Waals surface area contributed by atoms with Crippen molar-refractivity contribution in [2.45, 2.75) is 23.8 Å². The number of rotatable bonds is 6. The van der Waals surface area contributed by atoms with Crippen LogP contribution in [0.5, 0.6) is 5.75 Å². The molecule has 1 heterocycles. The van der Waals surface area contributed by atoms with Crippen molar-refractivity contribution in [2.75, 3.05) is 20.2 Å². The maximum absolute atomic E-state index is 12.9. The maximum atomic E-state index is 12.9. The summed E-state index contributed by atoms with van der Waals surface area (Å²) < 4.78 is 33.3. The van der Waals surface area contributed by atoms with E-state index in [2.05, 4.69) is 4.72 Å². The first-order valence-electron chi connectivity index (χ1n) is 8.51. The van der Waals surface area contributed by atoms with Gasteiger partial charge < -0.3 is 9.64 Å². The monoisotopic (exact) mass is 374 g/mol. The van der Waals surface area contributed by atoms with Crippen molar-refractivity contribution in [3.8, 4) is 5.75 Å². The Bertz CT molecular complexity index is 845. The van der Waals surface area contributed by atoms with Gasteiger partial charge in [0.1, 0.15) is 11.8 Å². The minimum absolute atomic E-state index is 0.0912. The Hall–Kier alpha value is -2.38. The van der Waals surface area contributed by atoms with Crippen molar-refractivity contribution in [3.63, 3.8) is 0 Å². The smallest absolute Gasteiger partial charge is 0.245 e. The lowest BCUT2D eigenvalue weighted by Gasteiger charge is -2.24. The molecule has 0 unspecified atom stereocenters. The predicted octanol–water partition coefficient (Wildman–Crippen LogP) is 2.34. The molecule has 0 saturated carbocycles. The van der Waals surface area contributed by atoms with Gasteiger partial charge in [0.25, 0.3) is 0 Å². The Labute approximate surface area is 153 Å². The molecule has 1 N–H and O–H groups in total. The standard InChI is InChI=1S/C19H22N2O4S/c1-25-16-9-11-17(12-10-16)26(23,24)20-18(15-7-3-2-4-8-15)19(22)21-13-5-6-14-21/h2-4,7-12,18,20H,5-6,13-14H2,1H3/t18-/m0/s1. The van der Waals surface area contributed by atoms with Gasteiger partial charge in [-0.15, -0.1) is 0 Å². The molecule has 3 rings (SSSR count). The summed E-state index contributed by atoms with van der Waals surface area (Å²) in [7, 11) is -2.34. The van der Waals surface area contributed by atoms with Gasteiger partial charge in [0.2, 0.25) is 15.9 Å². The number of benzene rings is 2. The van der Waals surface area contributed by atoms with Crippen LogP contribution >= 0.6 is 0 Å². The number of amides is 1. The van der Waals surface area contributed by atoms with Crippen molar-refractivity contribution < 1.29 is 17.9 Å². The summed E-state index contributed by atoms with van der Waals surface area (Å²) in [6.07, 6.45) is 1.89. The molecule has 7 heteroatoms. The summed E-state index contributed by atoms with van der Waals surface area (Å²) in [6, 6.07) is 14.1. The van der Waals surface area contributed by atoms with Gasteiger partial charge in [-0.25, -0.2) is 8.42 Å². The van der Waals surface area contributed by atoms with Crippen molar-refractivity contribution in [1.29, 1.82) is 0 Å². The lowest BCUT2D eigenvalue weighted by Crippen LogP contribution is -2.41. The zero-order valence-electron chi connectivity index (χ0n) is 14.6. The number of carbonyl (C=O) groups is 1. The second-order valence-corrected chi connectivity index (χ2v) is 7.89. The number of carbonyl (C=O) groups excluding carboxylic acids is 1. The van der Waals surface area contributed by atoms with E-state index in [1.54, 1.807) is 41.3 Å². The number of nitrogens with zero attached hydrogens (tertiary/aromatic N) is 1. The summed E-state index contributed by atoms with van der Waals surface area (Å²) in [6.45, 7) is 1.32. The topological polar surface area (TPSA) is 75.7 Å². The molecule has 2 aromatic carbocycles. The largest absolute Gasteiger partial charge is 0.497 e. The molecular formula is C19H22N2O4S. The summed E-state index contributed by atoms with van der Waals surface area (Å²) >= 11 is 0. The van der Waals surface area contributed by atoms with E-state index in [-0.39, 0.29) is 10.8 Å². The number of hydrogen-bond acceptors (Lipinski definition) is 4. The van der Waals surface area contributed by atoms with E-state index in [1.165, 1.54) is 19.2 Å². The van der Waals surface area contributed by atoms with Gasteiger partial charge in [-0.3, -0.25) is 4.79 Å². The third-order valence-electron chi connectivity index (χ3n) is 4.44. The molecule has 1 fully saturated rings. The summed E-state index contributed by atoms with van der Waals surface area (Å²) in [5, 5.41) is 0. The minimum atomic E-state index is -3.86. The Morgan fingerprint density at radius 2 is 1.65 bits per heavy atom. The zero-order chi connectivity index (χ0) is 18.6. The first-order valence-corrected chi connectivity index (χ1v) is 10.00. The van der Waals surface area contributed by atoms with Gasteiger partial charge in [-0.1, -0.05) is 30.3 Å². The molecule has 1 saturated heterocycles. The Kier molecular flexibility index (Phi) is 5.58. The number of hydrogen-bond donors (Lipinski definition) is 1. The van der Waals surface area contributed by atoms with Crippen LogP contribution in [-0.2, 0) is 14.8 Å². The number of ether oxygens (including phenoxy) is 1. The fraction of sp³-hybridized carbons (Fsp3) is 0.316. The minimum Gasteiger partial charge on any atom is -0.497 e.